The normalized spacial score (nSPS) is 22.8. The summed E-state index contributed by atoms with van der Waals surface area (Å²) in [7, 11) is 0. The van der Waals surface area contributed by atoms with E-state index in [1.807, 2.05) is 0 Å². The van der Waals surface area contributed by atoms with Crippen LogP contribution in [0.15, 0.2) is 0 Å². The summed E-state index contributed by atoms with van der Waals surface area (Å²) < 4.78 is 23.3. The van der Waals surface area contributed by atoms with E-state index >= 15 is 0 Å². The summed E-state index contributed by atoms with van der Waals surface area (Å²) in [5.41, 5.74) is 0. The first kappa shape index (κ1) is 24.7. The molecule has 1 N–H and O–H groups in total. The number of aliphatic hydroxyl groups is 1. The Balaban J connectivity index is 1.48. The van der Waals surface area contributed by atoms with Crippen LogP contribution in [0, 0.1) is 29.6 Å². The molecule has 1 saturated carbocycles. The molecule has 0 aromatic heterocycles. The monoisotopic (exact) mass is 451 g/mol. The molecule has 0 heterocycles. The Morgan fingerprint density at radius 1 is 1.00 bits per heavy atom. The van der Waals surface area contributed by atoms with Crippen molar-refractivity contribution in [1.29, 1.82) is 1.43 Å². The first-order valence-electron chi connectivity index (χ1n) is 12.4. The molecule has 2 aliphatic rings. The van der Waals surface area contributed by atoms with E-state index in [2.05, 4.69) is 16.9 Å². The lowest BCUT2D eigenvalue weighted by Crippen LogP contribution is -2.22. The van der Waals surface area contributed by atoms with Gasteiger partial charge in [-0.25, -0.2) is 0 Å². The van der Waals surface area contributed by atoms with Crippen molar-refractivity contribution in [1.82, 2.24) is 0 Å². The average Bonchev–Trinajstić information content (AvgIpc) is 3.42. The first-order chi connectivity index (χ1) is 16.0. The average molecular weight is 452 g/mol. The van der Waals surface area contributed by atoms with Gasteiger partial charge in [-0.05, 0) is 50.4 Å². The van der Waals surface area contributed by atoms with E-state index in [0.717, 1.165) is 32.1 Å². The van der Waals surface area contributed by atoms with Gasteiger partial charge >= 0.3 is 11.9 Å². The third-order valence-electron chi connectivity index (χ3n) is 6.20. The number of esters is 2. The molecule has 2 unspecified atom stereocenters. The van der Waals surface area contributed by atoms with Crippen LogP contribution in [0.1, 0.15) is 77.6 Å². The minimum Gasteiger partial charge on any atom is -0.465 e. The van der Waals surface area contributed by atoms with Crippen molar-refractivity contribution < 1.29 is 33.7 Å². The molecule has 0 aliphatic heterocycles. The van der Waals surface area contributed by atoms with Crippen molar-refractivity contribution in [3.8, 4) is 11.8 Å². The van der Waals surface area contributed by atoms with Crippen molar-refractivity contribution in [2.75, 3.05) is 26.4 Å². The number of unbranched alkanes of at least 4 members (excludes halogenated alkanes) is 1. The van der Waals surface area contributed by atoms with Gasteiger partial charge in [-0.1, -0.05) is 0 Å². The van der Waals surface area contributed by atoms with Crippen LogP contribution in [-0.4, -0.2) is 56.8 Å². The Morgan fingerprint density at radius 2 is 1.75 bits per heavy atom. The van der Waals surface area contributed by atoms with Gasteiger partial charge in [-0.3, -0.25) is 9.59 Å². The fourth-order valence-electron chi connectivity index (χ4n) is 4.25. The summed E-state index contributed by atoms with van der Waals surface area (Å²) in [6, 6.07) is 0. The molecule has 32 heavy (non-hydrogen) atoms. The molecule has 0 saturated heterocycles. The van der Waals surface area contributed by atoms with Crippen LogP contribution in [0.25, 0.3) is 0 Å². The zero-order valence-electron chi connectivity index (χ0n) is 20.3. The van der Waals surface area contributed by atoms with Crippen molar-refractivity contribution in [2.45, 2.75) is 83.7 Å². The second kappa shape index (κ2) is 15.0. The predicted molar refractivity (Wildman–Crippen MR) is 118 cm³/mol. The third kappa shape index (κ3) is 10.6. The molecule has 7 heteroatoms. The van der Waals surface area contributed by atoms with E-state index in [-0.39, 0.29) is 31.2 Å². The molecule has 180 valence electrons. The molecule has 0 aromatic rings. The lowest BCUT2D eigenvalue weighted by atomic mass is 10.1. The zero-order valence-corrected chi connectivity index (χ0v) is 19.3. The SMILES string of the molecule is [2H]OCCC(CCOCCCCC(=O)OCC1[C@H]2CCC#CCC[C@@H]12)OC(=O)CCC(C)=O. The van der Waals surface area contributed by atoms with E-state index in [1.54, 1.807) is 0 Å². The number of carbonyl (C=O) groups is 3. The smallest absolute Gasteiger partial charge is 0.306 e. The molecule has 2 rings (SSSR count). The third-order valence-corrected chi connectivity index (χ3v) is 6.20. The highest BCUT2D eigenvalue weighted by Gasteiger charge is 2.49. The second-order valence-electron chi connectivity index (χ2n) is 8.77. The summed E-state index contributed by atoms with van der Waals surface area (Å²) in [6.45, 7) is 3.05. The molecule has 0 bridgehead atoms. The quantitative estimate of drug-likeness (QED) is 0.206. The van der Waals surface area contributed by atoms with E-state index in [4.69, 9.17) is 15.6 Å². The highest BCUT2D eigenvalue weighted by atomic mass is 16.5. The molecule has 2 aliphatic carbocycles. The Bertz CT molecular complexity index is 666. The molecular formula is C25H38O7. The number of hydrogen-bond donors (Lipinski definition) is 1. The number of ketones is 1. The van der Waals surface area contributed by atoms with Crippen molar-refractivity contribution in [3.05, 3.63) is 0 Å². The van der Waals surface area contributed by atoms with Gasteiger partial charge in [0.15, 0.2) is 0 Å². The van der Waals surface area contributed by atoms with Gasteiger partial charge < -0.3 is 24.1 Å². The Labute approximate surface area is 193 Å². The summed E-state index contributed by atoms with van der Waals surface area (Å²) in [5, 5.41) is 4.33. The van der Waals surface area contributed by atoms with Gasteiger partial charge in [0.1, 0.15) is 11.9 Å². The maximum absolute atomic E-state index is 12.0. The minimum absolute atomic E-state index is 0.0565. The molecule has 0 amide bonds. The fourth-order valence-corrected chi connectivity index (χ4v) is 4.25. The van der Waals surface area contributed by atoms with Gasteiger partial charge in [-0.15, -0.1) is 11.8 Å². The lowest BCUT2D eigenvalue weighted by Gasteiger charge is -2.17. The molecule has 0 spiro atoms. The largest absolute Gasteiger partial charge is 0.465 e. The van der Waals surface area contributed by atoms with Crippen molar-refractivity contribution >= 4 is 17.7 Å². The number of fused-ring (bicyclic) bond motifs is 1. The van der Waals surface area contributed by atoms with Crippen molar-refractivity contribution in [2.24, 2.45) is 17.8 Å². The maximum Gasteiger partial charge on any atom is 0.306 e. The summed E-state index contributed by atoms with van der Waals surface area (Å²) in [6.07, 6.45) is 6.75. The number of hydrogen-bond acceptors (Lipinski definition) is 7. The fraction of sp³-hybridized carbons (Fsp3) is 0.800. The lowest BCUT2D eigenvalue weighted by molar-refractivity contribution is -0.151. The van der Waals surface area contributed by atoms with Crippen LogP contribution in [0.2, 0.25) is 0 Å². The van der Waals surface area contributed by atoms with Gasteiger partial charge in [-0.2, -0.15) is 0 Å². The standard InChI is InChI=1S/C25H38O7/c1-19(27)11-12-25(29)32-20(13-15-26)14-17-30-16-7-6-10-24(28)31-18-23-21-8-4-2-3-5-9-22(21)23/h20-23,26H,4-18H2,1H3/t20?,21-,22+,23?/i26D. The molecule has 0 aromatic carbocycles. The number of aliphatic hydroxyl groups excluding tert-OH is 1. The van der Waals surface area contributed by atoms with E-state index in [9.17, 15) is 14.4 Å². The molecular weight excluding hydrogens is 412 g/mol. The van der Waals surface area contributed by atoms with Gasteiger partial charge in [0.05, 0.1) is 19.6 Å². The van der Waals surface area contributed by atoms with Crippen LogP contribution in [0.3, 0.4) is 0 Å². The highest BCUT2D eigenvalue weighted by molar-refractivity contribution is 5.81. The van der Waals surface area contributed by atoms with E-state index in [1.165, 1.54) is 6.92 Å². The second-order valence-corrected chi connectivity index (χ2v) is 8.77. The molecule has 7 nitrogen and oxygen atoms in total. The Kier molecular flexibility index (Phi) is 11.6. The van der Waals surface area contributed by atoms with Gasteiger partial charge in [0, 0.05) is 51.7 Å². The maximum atomic E-state index is 12.0. The Hall–Kier alpha value is -1.91. The topological polar surface area (TPSA) is 99.1 Å². The Morgan fingerprint density at radius 3 is 2.44 bits per heavy atom. The van der Waals surface area contributed by atoms with E-state index < -0.39 is 12.1 Å². The number of ether oxygens (including phenoxy) is 3. The van der Waals surface area contributed by atoms with Crippen LogP contribution >= 0.6 is 0 Å². The summed E-state index contributed by atoms with van der Waals surface area (Å²) >= 11 is 0. The van der Waals surface area contributed by atoms with Crippen LogP contribution in [0.4, 0.5) is 0 Å². The predicted octanol–water partition coefficient (Wildman–Crippen LogP) is 3.21. The molecule has 4 atom stereocenters. The van der Waals surface area contributed by atoms with Crippen LogP contribution in [0.5, 0.6) is 0 Å². The van der Waals surface area contributed by atoms with Gasteiger partial charge in [0.2, 0.25) is 1.43 Å². The first-order valence-corrected chi connectivity index (χ1v) is 12.0. The molecule has 0 radical (unpaired) electrons. The minimum atomic E-state index is -0.427. The van der Waals surface area contributed by atoms with Gasteiger partial charge in [0.25, 0.3) is 0 Å². The number of carbonyl (C=O) groups excluding carboxylic acids is 3. The number of Topliss-reactive ketones (excluding diaryl/α,β-unsaturated/α-hetero) is 1. The molecule has 1 fully saturated rings. The highest BCUT2D eigenvalue weighted by Crippen LogP contribution is 2.52. The summed E-state index contributed by atoms with van der Waals surface area (Å²) in [4.78, 5) is 34.8. The van der Waals surface area contributed by atoms with Crippen LogP contribution < -0.4 is 0 Å². The zero-order chi connectivity index (χ0) is 23.9. The number of rotatable bonds is 17. The van der Waals surface area contributed by atoms with E-state index in [0.29, 0.717) is 63.3 Å². The summed E-state index contributed by atoms with van der Waals surface area (Å²) in [5.74, 6) is 7.65. The van der Waals surface area contributed by atoms with Crippen LogP contribution in [-0.2, 0) is 28.6 Å². The van der Waals surface area contributed by atoms with Crippen molar-refractivity contribution in [3.63, 3.8) is 0 Å².